The molecule has 0 bridgehead atoms. The molecule has 0 saturated heterocycles. The third kappa shape index (κ3) is 2.42. The Hall–Kier alpha value is -3.13. The maximum atomic E-state index is 9.46. The highest BCUT2D eigenvalue weighted by molar-refractivity contribution is 5.87. The molecular formula is C17H15N5. The molecule has 0 unspecified atom stereocenters. The summed E-state index contributed by atoms with van der Waals surface area (Å²) in [6.45, 7) is 0. The van der Waals surface area contributed by atoms with Gasteiger partial charge in [0.2, 0.25) is 0 Å². The van der Waals surface area contributed by atoms with Crippen LogP contribution < -0.4 is 0 Å². The highest BCUT2D eigenvalue weighted by Crippen LogP contribution is 2.21. The predicted octanol–water partition coefficient (Wildman–Crippen LogP) is 2.88. The van der Waals surface area contributed by atoms with Crippen LogP contribution in [-0.4, -0.2) is 19.3 Å². The number of allylic oxidation sites excluding steroid dienone is 1. The van der Waals surface area contributed by atoms with Gasteiger partial charge in [-0.3, -0.25) is 0 Å². The van der Waals surface area contributed by atoms with Crippen LogP contribution in [0.4, 0.5) is 0 Å². The molecule has 3 rings (SSSR count). The topological polar surface area (TPSA) is 59.4 Å². The molecule has 0 aliphatic carbocycles. The Morgan fingerprint density at radius 3 is 2.50 bits per heavy atom. The molecule has 0 aliphatic rings. The number of aryl methyl sites for hydroxylation is 1. The van der Waals surface area contributed by atoms with Crippen molar-refractivity contribution in [3.05, 3.63) is 60.2 Å². The van der Waals surface area contributed by atoms with E-state index in [1.165, 1.54) is 0 Å². The molecule has 1 aromatic carbocycles. The molecule has 0 fully saturated rings. The van der Waals surface area contributed by atoms with E-state index in [9.17, 15) is 5.26 Å². The van der Waals surface area contributed by atoms with Crippen molar-refractivity contribution in [3.63, 3.8) is 0 Å². The molecule has 0 aliphatic heterocycles. The standard InChI is InChI=1S/C17H15N5/c1-21-10-6-9-15(21)11-14(12-18)17-20-19-16(22(17)2)13-7-4-3-5-8-13/h3-11H,1-2H3. The van der Waals surface area contributed by atoms with Crippen LogP contribution in [0.25, 0.3) is 23.0 Å². The van der Waals surface area contributed by atoms with Crippen molar-refractivity contribution >= 4 is 11.6 Å². The van der Waals surface area contributed by atoms with Crippen molar-refractivity contribution in [1.29, 1.82) is 5.26 Å². The Kier molecular flexibility index (Phi) is 3.58. The Morgan fingerprint density at radius 1 is 1.09 bits per heavy atom. The fourth-order valence-corrected chi connectivity index (χ4v) is 2.32. The van der Waals surface area contributed by atoms with E-state index in [-0.39, 0.29) is 0 Å². The second kappa shape index (κ2) is 5.70. The van der Waals surface area contributed by atoms with Crippen LogP contribution in [0.15, 0.2) is 48.7 Å². The smallest absolute Gasteiger partial charge is 0.174 e. The fraction of sp³-hybridized carbons (Fsp3) is 0.118. The molecular weight excluding hydrogens is 274 g/mol. The first-order valence-corrected chi connectivity index (χ1v) is 6.89. The minimum Gasteiger partial charge on any atom is -0.351 e. The molecule has 0 spiro atoms. The van der Waals surface area contributed by atoms with Gasteiger partial charge in [0.1, 0.15) is 6.07 Å². The average molecular weight is 289 g/mol. The Labute approximate surface area is 128 Å². The summed E-state index contributed by atoms with van der Waals surface area (Å²) in [6.07, 6.45) is 3.76. The molecule has 0 saturated carbocycles. The lowest BCUT2D eigenvalue weighted by Gasteiger charge is -2.03. The van der Waals surface area contributed by atoms with Crippen LogP contribution in [-0.2, 0) is 14.1 Å². The minimum absolute atomic E-state index is 0.485. The highest BCUT2D eigenvalue weighted by atomic mass is 15.3. The third-order valence-corrected chi connectivity index (χ3v) is 3.54. The number of benzene rings is 1. The molecule has 3 aromatic rings. The van der Waals surface area contributed by atoms with Gasteiger partial charge in [-0.05, 0) is 18.2 Å². The van der Waals surface area contributed by atoms with Crippen molar-refractivity contribution in [2.75, 3.05) is 0 Å². The van der Waals surface area contributed by atoms with Crippen LogP contribution >= 0.6 is 0 Å². The normalized spacial score (nSPS) is 11.4. The van der Waals surface area contributed by atoms with Crippen molar-refractivity contribution < 1.29 is 0 Å². The van der Waals surface area contributed by atoms with Gasteiger partial charge in [-0.25, -0.2) is 0 Å². The van der Waals surface area contributed by atoms with E-state index in [1.807, 2.05) is 78.0 Å². The number of hydrogen-bond acceptors (Lipinski definition) is 3. The molecule has 22 heavy (non-hydrogen) atoms. The van der Waals surface area contributed by atoms with Gasteiger partial charge in [0.25, 0.3) is 0 Å². The van der Waals surface area contributed by atoms with Crippen LogP contribution in [0.1, 0.15) is 11.5 Å². The van der Waals surface area contributed by atoms with Gasteiger partial charge in [-0.2, -0.15) is 5.26 Å². The van der Waals surface area contributed by atoms with Gasteiger partial charge in [-0.1, -0.05) is 30.3 Å². The van der Waals surface area contributed by atoms with Crippen LogP contribution in [0.5, 0.6) is 0 Å². The third-order valence-electron chi connectivity index (χ3n) is 3.54. The zero-order valence-electron chi connectivity index (χ0n) is 12.4. The van der Waals surface area contributed by atoms with Gasteiger partial charge in [0, 0.05) is 31.5 Å². The highest BCUT2D eigenvalue weighted by Gasteiger charge is 2.14. The number of hydrogen-bond donors (Lipinski definition) is 0. The van der Waals surface area contributed by atoms with Gasteiger partial charge in [0.05, 0.1) is 5.57 Å². The summed E-state index contributed by atoms with van der Waals surface area (Å²) in [6, 6.07) is 15.9. The van der Waals surface area contributed by atoms with E-state index in [2.05, 4.69) is 16.3 Å². The summed E-state index contributed by atoms with van der Waals surface area (Å²) in [5.41, 5.74) is 2.40. The summed E-state index contributed by atoms with van der Waals surface area (Å²) in [4.78, 5) is 0. The van der Waals surface area contributed by atoms with Crippen molar-refractivity contribution in [1.82, 2.24) is 19.3 Å². The first kappa shape index (κ1) is 13.8. The second-order valence-corrected chi connectivity index (χ2v) is 4.99. The zero-order valence-corrected chi connectivity index (χ0v) is 12.4. The van der Waals surface area contributed by atoms with E-state index in [4.69, 9.17) is 0 Å². The first-order chi connectivity index (χ1) is 10.7. The minimum atomic E-state index is 0.485. The molecule has 0 N–H and O–H groups in total. The molecule has 5 heteroatoms. The van der Waals surface area contributed by atoms with Gasteiger partial charge in [0.15, 0.2) is 11.6 Å². The summed E-state index contributed by atoms with van der Waals surface area (Å²) in [5.74, 6) is 1.30. The Bertz CT molecular complexity index is 862. The maximum absolute atomic E-state index is 9.46. The first-order valence-electron chi connectivity index (χ1n) is 6.89. The number of rotatable bonds is 3. The van der Waals surface area contributed by atoms with Crippen LogP contribution in [0.2, 0.25) is 0 Å². The quantitative estimate of drug-likeness (QED) is 0.697. The van der Waals surface area contributed by atoms with E-state index < -0.39 is 0 Å². The summed E-state index contributed by atoms with van der Waals surface area (Å²) < 4.78 is 3.79. The second-order valence-electron chi connectivity index (χ2n) is 4.99. The molecule has 2 heterocycles. The fourth-order valence-electron chi connectivity index (χ4n) is 2.32. The molecule has 108 valence electrons. The number of nitriles is 1. The van der Waals surface area contributed by atoms with Crippen LogP contribution in [0.3, 0.4) is 0 Å². The predicted molar refractivity (Wildman–Crippen MR) is 85.3 cm³/mol. The summed E-state index contributed by atoms with van der Waals surface area (Å²) in [7, 11) is 3.81. The Balaban J connectivity index is 2.06. The van der Waals surface area contributed by atoms with E-state index >= 15 is 0 Å². The molecule has 0 amide bonds. The van der Waals surface area contributed by atoms with Crippen molar-refractivity contribution in [2.45, 2.75) is 0 Å². The lowest BCUT2D eigenvalue weighted by molar-refractivity contribution is 0.898. The summed E-state index contributed by atoms with van der Waals surface area (Å²) >= 11 is 0. The van der Waals surface area contributed by atoms with E-state index in [1.54, 1.807) is 0 Å². The Morgan fingerprint density at radius 2 is 1.86 bits per heavy atom. The number of aromatic nitrogens is 4. The largest absolute Gasteiger partial charge is 0.351 e. The lowest BCUT2D eigenvalue weighted by atomic mass is 10.2. The molecule has 2 aromatic heterocycles. The number of nitrogens with zero attached hydrogens (tertiary/aromatic N) is 5. The monoisotopic (exact) mass is 289 g/mol. The molecule has 5 nitrogen and oxygen atoms in total. The van der Waals surface area contributed by atoms with Gasteiger partial charge in [-0.15, -0.1) is 10.2 Å². The van der Waals surface area contributed by atoms with Gasteiger partial charge >= 0.3 is 0 Å². The maximum Gasteiger partial charge on any atom is 0.174 e. The van der Waals surface area contributed by atoms with Gasteiger partial charge < -0.3 is 9.13 Å². The zero-order chi connectivity index (χ0) is 15.5. The molecule has 0 radical (unpaired) electrons. The average Bonchev–Trinajstić information content (AvgIpc) is 3.12. The molecule has 0 atom stereocenters. The lowest BCUT2D eigenvalue weighted by Crippen LogP contribution is -1.99. The van der Waals surface area contributed by atoms with Crippen molar-refractivity contribution in [3.8, 4) is 17.5 Å². The van der Waals surface area contributed by atoms with Crippen LogP contribution in [0, 0.1) is 11.3 Å². The SMILES string of the molecule is Cn1cccc1C=C(C#N)c1nnc(-c2ccccc2)n1C. The summed E-state index contributed by atoms with van der Waals surface area (Å²) in [5, 5.41) is 17.9. The van der Waals surface area contributed by atoms with E-state index in [0.29, 0.717) is 11.4 Å². The van der Waals surface area contributed by atoms with Crippen molar-refractivity contribution in [2.24, 2.45) is 14.1 Å². The van der Waals surface area contributed by atoms with E-state index in [0.717, 1.165) is 17.1 Å².